The number of sulfonamides is 1. The zero-order valence-electron chi connectivity index (χ0n) is 18.9. The van der Waals surface area contributed by atoms with Crippen molar-refractivity contribution in [1.29, 1.82) is 0 Å². The van der Waals surface area contributed by atoms with Crippen molar-refractivity contribution in [2.24, 2.45) is 0 Å². The fraction of sp³-hybridized carbons (Fsp3) is 0.240. The third-order valence-corrected chi connectivity index (χ3v) is 6.69. The summed E-state index contributed by atoms with van der Waals surface area (Å²) in [4.78, 5) is 13.2. The van der Waals surface area contributed by atoms with Crippen LogP contribution in [0, 0.1) is 0 Å². The van der Waals surface area contributed by atoms with Crippen LogP contribution < -0.4 is 19.5 Å². The summed E-state index contributed by atoms with van der Waals surface area (Å²) in [5.74, 6) is 0.247. The summed E-state index contributed by atoms with van der Waals surface area (Å²) in [6.07, 6.45) is 0.921. The van der Waals surface area contributed by atoms with E-state index in [1.54, 1.807) is 6.07 Å². The van der Waals surface area contributed by atoms with Crippen molar-refractivity contribution in [2.45, 2.75) is 30.7 Å². The summed E-state index contributed by atoms with van der Waals surface area (Å²) in [6, 6.07) is 20.0. The Hall–Kier alpha value is -3.36. The number of nitrogens with one attached hydrogen (secondary N) is 2. The number of hydrogen-bond donors (Lipinski definition) is 2. The first-order chi connectivity index (χ1) is 15.9. The molecule has 0 spiro atoms. The fourth-order valence-corrected chi connectivity index (χ4v) is 4.66. The van der Waals surface area contributed by atoms with Crippen LogP contribution in [0.15, 0.2) is 77.7 Å². The number of carbonyl (C=O) groups is 1. The number of amides is 1. The maximum atomic E-state index is 13.2. The summed E-state index contributed by atoms with van der Waals surface area (Å²) in [7, 11) is -1.14. The molecule has 0 aliphatic carbocycles. The molecule has 0 heterocycles. The molecule has 0 aromatic heterocycles. The molecule has 7 nitrogen and oxygen atoms in total. The highest BCUT2D eigenvalue weighted by Crippen LogP contribution is 2.29. The van der Waals surface area contributed by atoms with Crippen molar-refractivity contribution in [3.8, 4) is 11.5 Å². The van der Waals surface area contributed by atoms with E-state index in [0.29, 0.717) is 11.4 Å². The second-order valence-electron chi connectivity index (χ2n) is 7.38. The molecule has 0 radical (unpaired) electrons. The van der Waals surface area contributed by atoms with Crippen molar-refractivity contribution in [1.82, 2.24) is 4.72 Å². The van der Waals surface area contributed by atoms with Gasteiger partial charge < -0.3 is 14.8 Å². The molecule has 0 aliphatic heterocycles. The molecule has 1 unspecified atom stereocenters. The van der Waals surface area contributed by atoms with Crippen molar-refractivity contribution in [2.75, 3.05) is 19.5 Å². The van der Waals surface area contributed by atoms with Gasteiger partial charge in [-0.15, -0.1) is 0 Å². The fourth-order valence-electron chi connectivity index (χ4n) is 3.45. The van der Waals surface area contributed by atoms with Gasteiger partial charge >= 0.3 is 0 Å². The third kappa shape index (κ3) is 6.12. The van der Waals surface area contributed by atoms with Gasteiger partial charge in [0.25, 0.3) is 0 Å². The number of anilines is 1. The van der Waals surface area contributed by atoms with E-state index in [9.17, 15) is 13.2 Å². The summed E-state index contributed by atoms with van der Waals surface area (Å²) in [5.41, 5.74) is 2.46. The van der Waals surface area contributed by atoms with E-state index in [4.69, 9.17) is 9.47 Å². The molecule has 0 fully saturated rings. The maximum Gasteiger partial charge on any atom is 0.242 e. The van der Waals surface area contributed by atoms with Crippen LogP contribution in [0.25, 0.3) is 0 Å². The number of benzene rings is 3. The average molecular weight is 469 g/mol. The second kappa shape index (κ2) is 11.0. The average Bonchev–Trinajstić information content (AvgIpc) is 2.84. The highest BCUT2D eigenvalue weighted by atomic mass is 32.2. The van der Waals surface area contributed by atoms with Crippen molar-refractivity contribution in [3.63, 3.8) is 0 Å². The van der Waals surface area contributed by atoms with E-state index >= 15 is 0 Å². The van der Waals surface area contributed by atoms with Gasteiger partial charge in [-0.05, 0) is 42.2 Å². The van der Waals surface area contributed by atoms with Gasteiger partial charge in [0.1, 0.15) is 6.04 Å². The Labute approximate surface area is 194 Å². The summed E-state index contributed by atoms with van der Waals surface area (Å²) in [5, 5.41) is 2.89. The minimum absolute atomic E-state index is 0.0278. The lowest BCUT2D eigenvalue weighted by atomic mass is 10.1. The van der Waals surface area contributed by atoms with Crippen LogP contribution in [0.2, 0.25) is 0 Å². The molecule has 0 aliphatic rings. The number of methoxy groups -OCH3 is 2. The highest BCUT2D eigenvalue weighted by Gasteiger charge is 2.27. The lowest BCUT2D eigenvalue weighted by molar-refractivity contribution is -0.117. The highest BCUT2D eigenvalue weighted by molar-refractivity contribution is 7.89. The zero-order valence-corrected chi connectivity index (χ0v) is 19.7. The van der Waals surface area contributed by atoms with Gasteiger partial charge in [-0.25, -0.2) is 8.42 Å². The van der Waals surface area contributed by atoms with Gasteiger partial charge in [-0.3, -0.25) is 4.79 Å². The van der Waals surface area contributed by atoms with Crippen LogP contribution in [-0.4, -0.2) is 34.6 Å². The van der Waals surface area contributed by atoms with E-state index in [-0.39, 0.29) is 17.1 Å². The van der Waals surface area contributed by atoms with Crippen LogP contribution in [0.4, 0.5) is 5.69 Å². The first-order valence-electron chi connectivity index (χ1n) is 10.5. The molecule has 0 saturated carbocycles. The van der Waals surface area contributed by atoms with E-state index in [2.05, 4.69) is 10.0 Å². The number of rotatable bonds is 10. The predicted octanol–water partition coefficient (Wildman–Crippen LogP) is 3.79. The normalized spacial score (nSPS) is 12.1. The molecular weight excluding hydrogens is 440 g/mol. The summed E-state index contributed by atoms with van der Waals surface area (Å²) >= 11 is 0. The molecular formula is C25H28N2O5S. The van der Waals surface area contributed by atoms with Gasteiger partial charge in [0.15, 0.2) is 11.5 Å². The number of hydrogen-bond acceptors (Lipinski definition) is 5. The molecule has 8 heteroatoms. The molecule has 1 atom stereocenters. The minimum Gasteiger partial charge on any atom is -0.493 e. The Kier molecular flexibility index (Phi) is 8.08. The summed E-state index contributed by atoms with van der Waals surface area (Å²) < 4.78 is 39.4. The molecule has 3 aromatic carbocycles. The van der Waals surface area contributed by atoms with Crippen molar-refractivity contribution in [3.05, 3.63) is 83.9 Å². The topological polar surface area (TPSA) is 93.7 Å². The SMILES string of the molecule is CCc1ccccc1NC(=O)C(Cc1ccccc1)NS(=O)(=O)c1ccc(OC)c(OC)c1. The lowest BCUT2D eigenvalue weighted by Crippen LogP contribution is -2.45. The van der Waals surface area contributed by atoms with E-state index in [1.165, 1.54) is 32.4 Å². The quantitative estimate of drug-likeness (QED) is 0.472. The molecule has 174 valence electrons. The molecule has 0 bridgehead atoms. The molecule has 33 heavy (non-hydrogen) atoms. The van der Waals surface area contributed by atoms with E-state index in [1.807, 2.05) is 55.5 Å². The Bertz CT molecular complexity index is 1200. The Morgan fingerprint density at radius 2 is 1.58 bits per heavy atom. The Morgan fingerprint density at radius 3 is 2.24 bits per heavy atom. The second-order valence-corrected chi connectivity index (χ2v) is 9.09. The smallest absolute Gasteiger partial charge is 0.242 e. The van der Waals surface area contributed by atoms with Crippen LogP contribution in [-0.2, 0) is 27.7 Å². The number of carbonyl (C=O) groups excluding carboxylic acids is 1. The lowest BCUT2D eigenvalue weighted by Gasteiger charge is -2.20. The van der Waals surface area contributed by atoms with Crippen LogP contribution in [0.5, 0.6) is 11.5 Å². The van der Waals surface area contributed by atoms with Gasteiger partial charge in [0.05, 0.1) is 19.1 Å². The molecule has 3 aromatic rings. The number of ether oxygens (including phenoxy) is 2. The standard InChI is InChI=1S/C25H28N2O5S/c1-4-19-12-8-9-13-21(19)26-25(28)22(16-18-10-6-5-7-11-18)27-33(29,30)20-14-15-23(31-2)24(17-20)32-3/h5-15,17,22,27H,4,16H2,1-3H3,(H,26,28). The van der Waals surface area contributed by atoms with Crippen LogP contribution >= 0.6 is 0 Å². The van der Waals surface area contributed by atoms with Crippen LogP contribution in [0.1, 0.15) is 18.1 Å². The first-order valence-corrected chi connectivity index (χ1v) is 12.0. The minimum atomic E-state index is -4.04. The van der Waals surface area contributed by atoms with Gasteiger partial charge in [0.2, 0.25) is 15.9 Å². The zero-order chi connectivity index (χ0) is 23.8. The van der Waals surface area contributed by atoms with Gasteiger partial charge in [-0.2, -0.15) is 4.72 Å². The van der Waals surface area contributed by atoms with Crippen LogP contribution in [0.3, 0.4) is 0 Å². The maximum absolute atomic E-state index is 13.2. The monoisotopic (exact) mass is 468 g/mol. The summed E-state index contributed by atoms with van der Waals surface area (Å²) in [6.45, 7) is 1.99. The van der Waals surface area contributed by atoms with Crippen molar-refractivity contribution >= 4 is 21.6 Å². The van der Waals surface area contributed by atoms with Crippen molar-refractivity contribution < 1.29 is 22.7 Å². The number of para-hydroxylation sites is 1. The number of aryl methyl sites for hydroxylation is 1. The molecule has 2 N–H and O–H groups in total. The van der Waals surface area contributed by atoms with E-state index < -0.39 is 22.0 Å². The Morgan fingerprint density at radius 1 is 0.909 bits per heavy atom. The Balaban J connectivity index is 1.91. The predicted molar refractivity (Wildman–Crippen MR) is 128 cm³/mol. The molecule has 1 amide bonds. The largest absolute Gasteiger partial charge is 0.493 e. The third-order valence-electron chi connectivity index (χ3n) is 5.22. The van der Waals surface area contributed by atoms with E-state index in [0.717, 1.165) is 17.5 Å². The van der Waals surface area contributed by atoms with Gasteiger partial charge in [-0.1, -0.05) is 55.5 Å². The molecule has 0 saturated heterocycles. The molecule has 3 rings (SSSR count). The first kappa shape index (κ1) is 24.3. The van der Waals surface area contributed by atoms with Gasteiger partial charge in [0, 0.05) is 11.8 Å².